The Bertz CT molecular complexity index is 927. The highest BCUT2D eigenvalue weighted by atomic mass is 35.5. The first-order valence-corrected chi connectivity index (χ1v) is 9.17. The molecule has 8 nitrogen and oxygen atoms in total. The Kier molecular flexibility index (Phi) is 8.15. The molecule has 1 aromatic heterocycles. The van der Waals surface area contributed by atoms with Gasteiger partial charge in [0.1, 0.15) is 17.5 Å². The molecular formula is C18H19Cl2FN4O4. The Balaban J connectivity index is 2.23. The van der Waals surface area contributed by atoms with E-state index in [0.717, 1.165) is 6.07 Å². The number of aliphatic hydroxyl groups excluding tert-OH is 1. The molecular weight excluding hydrogens is 426 g/mol. The zero-order valence-corrected chi connectivity index (χ0v) is 16.9. The lowest BCUT2D eigenvalue weighted by atomic mass is 10.2. The number of halogens is 3. The molecule has 0 fully saturated rings. The van der Waals surface area contributed by atoms with E-state index in [-0.39, 0.29) is 51.9 Å². The fourth-order valence-corrected chi connectivity index (χ4v) is 2.58. The van der Waals surface area contributed by atoms with Crippen LogP contribution < -0.4 is 20.9 Å². The lowest BCUT2D eigenvalue weighted by Crippen LogP contribution is -2.31. The third-order valence-electron chi connectivity index (χ3n) is 3.54. The number of hydrogen-bond acceptors (Lipinski definition) is 6. The number of amides is 1. The van der Waals surface area contributed by atoms with Crippen LogP contribution >= 0.6 is 23.2 Å². The maximum Gasteiger partial charge on any atom is 0.280 e. The minimum atomic E-state index is -0.786. The normalized spacial score (nSPS) is 12.6. The van der Waals surface area contributed by atoms with Crippen LogP contribution in [0.2, 0.25) is 10.0 Å². The number of pyridine rings is 1. The average Bonchev–Trinajstić information content (AvgIpc) is 2.69. The van der Waals surface area contributed by atoms with E-state index in [1.807, 2.05) is 0 Å². The number of carbonyl (C=O) groups excluding carboxylic acids is 1. The number of carbonyl (C=O) groups is 1. The van der Waals surface area contributed by atoms with E-state index in [9.17, 15) is 9.18 Å². The highest BCUT2D eigenvalue weighted by Crippen LogP contribution is 2.27. The molecule has 11 heteroatoms. The summed E-state index contributed by atoms with van der Waals surface area (Å²) in [6, 6.07) is 2.82. The number of aromatic nitrogens is 1. The zero-order valence-electron chi connectivity index (χ0n) is 15.4. The molecule has 0 aliphatic heterocycles. The van der Waals surface area contributed by atoms with Gasteiger partial charge in [0, 0.05) is 17.8 Å². The van der Waals surface area contributed by atoms with Crippen LogP contribution in [0, 0.1) is 5.82 Å². The number of amidine groups is 1. The zero-order chi connectivity index (χ0) is 21.6. The SMILES string of the molecule is CCOc1ncc(C(=O)N=C(N)c2cc(F)c(OCC(N)CO)cc2Cl)cc1Cl. The smallest absolute Gasteiger partial charge is 0.280 e. The third-order valence-corrected chi connectivity index (χ3v) is 4.13. The first-order chi connectivity index (χ1) is 13.8. The largest absolute Gasteiger partial charge is 0.489 e. The lowest BCUT2D eigenvalue weighted by molar-refractivity contribution is 0.100. The molecule has 1 amide bonds. The Labute approximate surface area is 176 Å². The van der Waals surface area contributed by atoms with Gasteiger partial charge in [0.15, 0.2) is 11.6 Å². The molecule has 0 aliphatic carbocycles. The van der Waals surface area contributed by atoms with E-state index < -0.39 is 17.8 Å². The van der Waals surface area contributed by atoms with Gasteiger partial charge in [-0.05, 0) is 19.1 Å². The molecule has 0 aliphatic rings. The van der Waals surface area contributed by atoms with Crippen LogP contribution in [0.3, 0.4) is 0 Å². The maximum atomic E-state index is 14.3. The molecule has 29 heavy (non-hydrogen) atoms. The van der Waals surface area contributed by atoms with Gasteiger partial charge in [-0.15, -0.1) is 0 Å². The molecule has 156 valence electrons. The molecule has 0 spiro atoms. The molecule has 0 saturated carbocycles. The topological polar surface area (TPSA) is 133 Å². The van der Waals surface area contributed by atoms with Gasteiger partial charge < -0.3 is 26.0 Å². The Morgan fingerprint density at radius 3 is 2.66 bits per heavy atom. The third kappa shape index (κ3) is 6.01. The second kappa shape index (κ2) is 10.4. The van der Waals surface area contributed by atoms with Gasteiger partial charge in [-0.2, -0.15) is 4.99 Å². The summed E-state index contributed by atoms with van der Waals surface area (Å²) >= 11 is 12.1. The molecule has 5 N–H and O–H groups in total. The first-order valence-electron chi connectivity index (χ1n) is 8.42. The van der Waals surface area contributed by atoms with E-state index in [1.54, 1.807) is 6.92 Å². The average molecular weight is 445 g/mol. The molecule has 0 saturated heterocycles. The summed E-state index contributed by atoms with van der Waals surface area (Å²) in [4.78, 5) is 20.0. The maximum absolute atomic E-state index is 14.3. The summed E-state index contributed by atoms with van der Waals surface area (Å²) in [5.41, 5.74) is 11.4. The number of aliphatic imine (C=N–C) groups is 1. The van der Waals surface area contributed by atoms with E-state index in [0.29, 0.717) is 6.61 Å². The fourth-order valence-electron chi connectivity index (χ4n) is 2.10. The Morgan fingerprint density at radius 2 is 2.03 bits per heavy atom. The van der Waals surface area contributed by atoms with Gasteiger partial charge in [-0.1, -0.05) is 23.2 Å². The van der Waals surface area contributed by atoms with Crippen LogP contribution in [0.1, 0.15) is 22.8 Å². The van der Waals surface area contributed by atoms with Crippen LogP contribution in [-0.4, -0.2) is 47.7 Å². The van der Waals surface area contributed by atoms with Crippen molar-refractivity contribution in [1.29, 1.82) is 0 Å². The molecule has 1 atom stereocenters. The number of benzene rings is 1. The highest BCUT2D eigenvalue weighted by Gasteiger charge is 2.16. The van der Waals surface area contributed by atoms with Crippen molar-refractivity contribution >= 4 is 34.9 Å². The van der Waals surface area contributed by atoms with Crippen molar-refractivity contribution in [2.24, 2.45) is 16.5 Å². The van der Waals surface area contributed by atoms with Gasteiger partial charge in [-0.3, -0.25) is 4.79 Å². The van der Waals surface area contributed by atoms with Crippen molar-refractivity contribution in [2.75, 3.05) is 19.8 Å². The number of nitrogens with zero attached hydrogens (tertiary/aromatic N) is 2. The summed E-state index contributed by atoms with van der Waals surface area (Å²) in [7, 11) is 0. The minimum absolute atomic E-state index is 0.00122. The Hall–Kier alpha value is -2.46. The minimum Gasteiger partial charge on any atom is -0.489 e. The molecule has 0 bridgehead atoms. The van der Waals surface area contributed by atoms with Gasteiger partial charge in [0.2, 0.25) is 5.88 Å². The quantitative estimate of drug-likeness (QED) is 0.419. The molecule has 1 heterocycles. The van der Waals surface area contributed by atoms with Crippen LogP contribution in [0.5, 0.6) is 11.6 Å². The predicted octanol–water partition coefficient (Wildman–Crippen LogP) is 2.17. The van der Waals surface area contributed by atoms with Crippen LogP contribution in [0.15, 0.2) is 29.4 Å². The summed E-state index contributed by atoms with van der Waals surface area (Å²) in [5.74, 6) is -1.83. The van der Waals surface area contributed by atoms with E-state index in [4.69, 9.17) is 49.2 Å². The molecule has 2 aromatic rings. The van der Waals surface area contributed by atoms with Crippen molar-refractivity contribution < 1.29 is 23.8 Å². The number of aliphatic hydroxyl groups is 1. The van der Waals surface area contributed by atoms with E-state index >= 15 is 0 Å². The lowest BCUT2D eigenvalue weighted by Gasteiger charge is -2.13. The van der Waals surface area contributed by atoms with E-state index in [2.05, 4.69) is 9.98 Å². The standard InChI is InChI=1S/C18H19Cl2FN4O4/c1-2-28-18-13(20)3-9(6-24-18)17(27)25-16(23)11-4-14(21)15(5-12(11)19)29-8-10(22)7-26/h3-6,10,26H,2,7-8,22H2,1H3,(H2,23,25,27). The second-order valence-corrected chi connectivity index (χ2v) is 6.58. The summed E-state index contributed by atoms with van der Waals surface area (Å²) in [6.45, 7) is 1.69. The Morgan fingerprint density at radius 1 is 1.31 bits per heavy atom. The molecule has 1 unspecified atom stereocenters. The molecule has 0 radical (unpaired) electrons. The van der Waals surface area contributed by atoms with Gasteiger partial charge in [0.25, 0.3) is 5.91 Å². The van der Waals surface area contributed by atoms with Crippen molar-refractivity contribution in [3.63, 3.8) is 0 Å². The molecule has 2 rings (SSSR count). The van der Waals surface area contributed by atoms with Crippen LogP contribution in [-0.2, 0) is 0 Å². The summed E-state index contributed by atoms with van der Waals surface area (Å²) in [6.07, 6.45) is 1.24. The second-order valence-electron chi connectivity index (χ2n) is 5.76. The van der Waals surface area contributed by atoms with Crippen molar-refractivity contribution in [3.8, 4) is 11.6 Å². The monoisotopic (exact) mass is 444 g/mol. The van der Waals surface area contributed by atoms with Crippen molar-refractivity contribution in [2.45, 2.75) is 13.0 Å². The van der Waals surface area contributed by atoms with Gasteiger partial charge in [-0.25, -0.2) is 9.37 Å². The predicted molar refractivity (Wildman–Crippen MR) is 107 cm³/mol. The van der Waals surface area contributed by atoms with Crippen LogP contribution in [0.4, 0.5) is 4.39 Å². The summed E-state index contributed by atoms with van der Waals surface area (Å²) < 4.78 is 24.6. The number of hydrogen-bond donors (Lipinski definition) is 3. The number of rotatable bonds is 8. The number of nitrogens with two attached hydrogens (primary N) is 2. The molecule has 1 aromatic carbocycles. The fraction of sp³-hybridized carbons (Fsp3) is 0.278. The highest BCUT2D eigenvalue weighted by molar-refractivity contribution is 6.34. The van der Waals surface area contributed by atoms with Crippen molar-refractivity contribution in [3.05, 3.63) is 51.4 Å². The number of ether oxygens (including phenoxy) is 2. The van der Waals surface area contributed by atoms with Gasteiger partial charge in [0.05, 0.1) is 29.8 Å². The van der Waals surface area contributed by atoms with Gasteiger partial charge >= 0.3 is 0 Å². The summed E-state index contributed by atoms with van der Waals surface area (Å²) in [5, 5.41) is 9.03. The first kappa shape index (κ1) is 22.8. The van der Waals surface area contributed by atoms with E-state index in [1.165, 1.54) is 18.3 Å². The van der Waals surface area contributed by atoms with Crippen molar-refractivity contribution in [1.82, 2.24) is 4.98 Å². The van der Waals surface area contributed by atoms with Crippen LogP contribution in [0.25, 0.3) is 0 Å².